The van der Waals surface area contributed by atoms with Gasteiger partial charge in [0, 0.05) is 25.2 Å². The fourth-order valence-electron chi connectivity index (χ4n) is 3.34. The third kappa shape index (κ3) is 4.11. The Morgan fingerprint density at radius 2 is 1.64 bits per heavy atom. The van der Waals surface area contributed by atoms with Crippen molar-refractivity contribution in [1.29, 1.82) is 0 Å². The molecular formula is C20H25NO3S. The van der Waals surface area contributed by atoms with E-state index in [1.807, 2.05) is 30.3 Å². The van der Waals surface area contributed by atoms with Crippen LogP contribution in [-0.4, -0.2) is 28.2 Å². The zero-order valence-electron chi connectivity index (χ0n) is 14.6. The Balaban J connectivity index is 1.80. The molecule has 1 aliphatic heterocycles. The van der Waals surface area contributed by atoms with Crippen LogP contribution in [0.5, 0.6) is 0 Å². The average molecular weight is 359 g/mol. The predicted octanol–water partition coefficient (Wildman–Crippen LogP) is 3.28. The van der Waals surface area contributed by atoms with Crippen LogP contribution in [-0.2, 0) is 26.6 Å². The summed E-state index contributed by atoms with van der Waals surface area (Å²) < 4.78 is 33.8. The van der Waals surface area contributed by atoms with Crippen LogP contribution in [0.4, 0.5) is 0 Å². The van der Waals surface area contributed by atoms with Gasteiger partial charge in [0.15, 0.2) is 0 Å². The third-order valence-electron chi connectivity index (χ3n) is 5.08. The van der Waals surface area contributed by atoms with Crippen molar-refractivity contribution in [2.75, 3.05) is 19.8 Å². The number of hydrogen-bond donors (Lipinski definition) is 1. The minimum atomic E-state index is -3.52. The highest BCUT2D eigenvalue weighted by molar-refractivity contribution is 7.89. The number of benzene rings is 2. The molecule has 0 aliphatic carbocycles. The monoisotopic (exact) mass is 359 g/mol. The molecule has 0 unspecified atom stereocenters. The summed E-state index contributed by atoms with van der Waals surface area (Å²) in [6.07, 6.45) is 2.52. The van der Waals surface area contributed by atoms with Gasteiger partial charge in [-0.05, 0) is 42.5 Å². The molecule has 0 spiro atoms. The van der Waals surface area contributed by atoms with E-state index in [-0.39, 0.29) is 5.41 Å². The Morgan fingerprint density at radius 1 is 1.00 bits per heavy atom. The van der Waals surface area contributed by atoms with Crippen LogP contribution in [0.3, 0.4) is 0 Å². The normalized spacial score (nSPS) is 17.3. The van der Waals surface area contributed by atoms with E-state index in [1.165, 1.54) is 5.56 Å². The zero-order chi connectivity index (χ0) is 17.8. The number of ether oxygens (including phenoxy) is 1. The van der Waals surface area contributed by atoms with Crippen LogP contribution in [0.15, 0.2) is 59.5 Å². The Kier molecular flexibility index (Phi) is 5.57. The molecule has 5 heteroatoms. The largest absolute Gasteiger partial charge is 0.381 e. The van der Waals surface area contributed by atoms with E-state index in [0.29, 0.717) is 24.7 Å². The molecule has 25 heavy (non-hydrogen) atoms. The SMILES string of the molecule is CCc1ccc(S(=O)(=O)NCC2(c3ccccc3)CCOCC2)cc1. The van der Waals surface area contributed by atoms with Crippen molar-refractivity contribution in [3.63, 3.8) is 0 Å². The topological polar surface area (TPSA) is 55.4 Å². The van der Waals surface area contributed by atoms with Gasteiger partial charge in [-0.25, -0.2) is 13.1 Å². The fraction of sp³-hybridized carbons (Fsp3) is 0.400. The van der Waals surface area contributed by atoms with E-state index in [1.54, 1.807) is 12.1 Å². The lowest BCUT2D eigenvalue weighted by Gasteiger charge is -2.37. The Morgan fingerprint density at radius 3 is 2.24 bits per heavy atom. The van der Waals surface area contributed by atoms with Crippen molar-refractivity contribution < 1.29 is 13.2 Å². The lowest BCUT2D eigenvalue weighted by Crippen LogP contribution is -2.44. The molecule has 2 aromatic carbocycles. The minimum Gasteiger partial charge on any atom is -0.381 e. The number of nitrogens with one attached hydrogen (secondary N) is 1. The summed E-state index contributed by atoms with van der Waals surface area (Å²) in [5.41, 5.74) is 2.09. The molecule has 2 aromatic rings. The molecular weight excluding hydrogens is 334 g/mol. The standard InChI is InChI=1S/C20H25NO3S/c1-2-17-8-10-19(11-9-17)25(22,23)21-16-20(12-14-24-15-13-20)18-6-4-3-5-7-18/h3-11,21H,2,12-16H2,1H3. The molecule has 0 atom stereocenters. The molecule has 0 radical (unpaired) electrons. The molecule has 1 fully saturated rings. The summed E-state index contributed by atoms with van der Waals surface area (Å²) in [6.45, 7) is 3.75. The van der Waals surface area contributed by atoms with Crippen molar-refractivity contribution in [1.82, 2.24) is 4.72 Å². The minimum absolute atomic E-state index is 0.212. The summed E-state index contributed by atoms with van der Waals surface area (Å²) >= 11 is 0. The fourth-order valence-corrected chi connectivity index (χ4v) is 4.47. The molecule has 1 N–H and O–H groups in total. The van der Waals surface area contributed by atoms with Crippen LogP contribution >= 0.6 is 0 Å². The third-order valence-corrected chi connectivity index (χ3v) is 6.50. The van der Waals surface area contributed by atoms with Crippen LogP contribution in [0.2, 0.25) is 0 Å². The van der Waals surface area contributed by atoms with Gasteiger partial charge in [0.25, 0.3) is 0 Å². The number of hydrogen-bond acceptors (Lipinski definition) is 3. The van der Waals surface area contributed by atoms with E-state index in [2.05, 4.69) is 23.8 Å². The second-order valence-electron chi connectivity index (χ2n) is 6.58. The Labute approximate surface area is 150 Å². The maximum atomic E-state index is 12.7. The lowest BCUT2D eigenvalue weighted by atomic mass is 9.74. The van der Waals surface area contributed by atoms with Gasteiger partial charge in [-0.1, -0.05) is 49.4 Å². The molecule has 1 aliphatic rings. The van der Waals surface area contributed by atoms with E-state index in [4.69, 9.17) is 4.74 Å². The van der Waals surface area contributed by atoms with Gasteiger partial charge in [-0.15, -0.1) is 0 Å². The number of rotatable bonds is 6. The van der Waals surface area contributed by atoms with E-state index >= 15 is 0 Å². The first-order chi connectivity index (χ1) is 12.1. The molecule has 134 valence electrons. The molecule has 3 rings (SSSR count). The first-order valence-electron chi connectivity index (χ1n) is 8.78. The van der Waals surface area contributed by atoms with Gasteiger partial charge >= 0.3 is 0 Å². The smallest absolute Gasteiger partial charge is 0.240 e. The Hall–Kier alpha value is -1.69. The molecule has 1 heterocycles. The molecule has 0 bridgehead atoms. The quantitative estimate of drug-likeness (QED) is 0.861. The highest BCUT2D eigenvalue weighted by Crippen LogP contribution is 2.34. The zero-order valence-corrected chi connectivity index (χ0v) is 15.4. The van der Waals surface area contributed by atoms with Crippen molar-refractivity contribution in [2.24, 2.45) is 0 Å². The summed E-state index contributed by atoms with van der Waals surface area (Å²) in [5, 5.41) is 0. The highest BCUT2D eigenvalue weighted by Gasteiger charge is 2.35. The predicted molar refractivity (Wildman–Crippen MR) is 99.2 cm³/mol. The second-order valence-corrected chi connectivity index (χ2v) is 8.35. The van der Waals surface area contributed by atoms with Gasteiger partial charge in [0.2, 0.25) is 10.0 Å². The molecule has 0 saturated carbocycles. The van der Waals surface area contributed by atoms with Crippen molar-refractivity contribution >= 4 is 10.0 Å². The average Bonchev–Trinajstić information content (AvgIpc) is 2.68. The van der Waals surface area contributed by atoms with Crippen LogP contribution < -0.4 is 4.72 Å². The van der Waals surface area contributed by atoms with Crippen LogP contribution in [0.25, 0.3) is 0 Å². The van der Waals surface area contributed by atoms with Gasteiger partial charge in [0.05, 0.1) is 4.90 Å². The molecule has 4 nitrogen and oxygen atoms in total. The molecule has 0 aromatic heterocycles. The summed E-state index contributed by atoms with van der Waals surface area (Å²) in [6, 6.07) is 17.3. The van der Waals surface area contributed by atoms with E-state index in [0.717, 1.165) is 24.8 Å². The lowest BCUT2D eigenvalue weighted by molar-refractivity contribution is 0.0517. The summed E-state index contributed by atoms with van der Waals surface area (Å²) in [5.74, 6) is 0. The van der Waals surface area contributed by atoms with Crippen LogP contribution in [0, 0.1) is 0 Å². The van der Waals surface area contributed by atoms with E-state index in [9.17, 15) is 8.42 Å². The summed E-state index contributed by atoms with van der Waals surface area (Å²) in [7, 11) is -3.52. The van der Waals surface area contributed by atoms with Crippen LogP contribution in [0.1, 0.15) is 30.9 Å². The molecule has 0 amide bonds. The first-order valence-corrected chi connectivity index (χ1v) is 10.3. The summed E-state index contributed by atoms with van der Waals surface area (Å²) in [4.78, 5) is 0.319. The number of sulfonamides is 1. The van der Waals surface area contributed by atoms with Crippen molar-refractivity contribution in [2.45, 2.75) is 36.5 Å². The maximum absolute atomic E-state index is 12.7. The van der Waals surface area contributed by atoms with Gasteiger partial charge in [-0.3, -0.25) is 0 Å². The van der Waals surface area contributed by atoms with Gasteiger partial charge in [0.1, 0.15) is 0 Å². The Bertz CT molecular complexity index is 779. The van der Waals surface area contributed by atoms with Crippen molar-refractivity contribution in [3.8, 4) is 0 Å². The van der Waals surface area contributed by atoms with Gasteiger partial charge < -0.3 is 4.74 Å². The first kappa shape index (κ1) is 18.1. The highest BCUT2D eigenvalue weighted by atomic mass is 32.2. The maximum Gasteiger partial charge on any atom is 0.240 e. The number of aryl methyl sites for hydroxylation is 1. The second kappa shape index (κ2) is 7.68. The van der Waals surface area contributed by atoms with E-state index < -0.39 is 10.0 Å². The van der Waals surface area contributed by atoms with Gasteiger partial charge in [-0.2, -0.15) is 0 Å². The molecule has 1 saturated heterocycles. The van der Waals surface area contributed by atoms with Crippen molar-refractivity contribution in [3.05, 3.63) is 65.7 Å².